The fourth-order valence-corrected chi connectivity index (χ4v) is 0.948. The van der Waals surface area contributed by atoms with E-state index in [-0.39, 0.29) is 40.8 Å². The zero-order valence-corrected chi connectivity index (χ0v) is 11.0. The molecule has 1 rings (SSSR count). The van der Waals surface area contributed by atoms with Crippen LogP contribution in [0.3, 0.4) is 0 Å². The van der Waals surface area contributed by atoms with Crippen molar-refractivity contribution in [3.05, 3.63) is 35.9 Å². The number of aliphatic carboxylic acids is 1. The van der Waals surface area contributed by atoms with E-state index in [0.717, 1.165) is 0 Å². The topological polar surface area (TPSA) is 71.4 Å². The molecule has 0 aromatic heterocycles. The second-order valence-corrected chi connectivity index (χ2v) is 2.69. The van der Waals surface area contributed by atoms with Crippen LogP contribution in [0.4, 0.5) is 0 Å². The Hall–Kier alpha value is -0.619. The van der Waals surface area contributed by atoms with Gasteiger partial charge < -0.3 is 5.11 Å². The molecule has 0 bridgehead atoms. The van der Waals surface area contributed by atoms with Crippen LogP contribution in [0.15, 0.2) is 30.3 Å². The normalized spacial score (nSPS) is 8.80. The number of carbonyl (C=O) groups excluding carboxylic acids is 2. The van der Waals surface area contributed by atoms with Crippen molar-refractivity contribution in [2.45, 2.75) is 6.42 Å². The third-order valence-corrected chi connectivity index (χ3v) is 1.66. The van der Waals surface area contributed by atoms with Gasteiger partial charge in [-0.15, -0.1) is 0 Å². The molecule has 0 aliphatic carbocycles. The number of hydrogen-bond donors (Lipinski definition) is 1. The van der Waals surface area contributed by atoms with Crippen LogP contribution in [0.1, 0.15) is 16.8 Å². The second kappa shape index (κ2) is 6.79. The van der Waals surface area contributed by atoms with Gasteiger partial charge in [0.15, 0.2) is 5.78 Å². The number of rotatable bonds is 4. The van der Waals surface area contributed by atoms with E-state index in [9.17, 15) is 14.4 Å². The van der Waals surface area contributed by atoms with Gasteiger partial charge in [0.2, 0.25) is 5.78 Å². The van der Waals surface area contributed by atoms with Crippen molar-refractivity contribution in [2.24, 2.45) is 0 Å². The van der Waals surface area contributed by atoms with Gasteiger partial charge in [-0.1, -0.05) is 30.3 Å². The molecule has 0 aliphatic heterocycles. The number of carbonyl (C=O) groups is 3. The molecule has 0 aliphatic rings. The van der Waals surface area contributed by atoms with Gasteiger partial charge >= 0.3 is 5.97 Å². The molecule has 15 heavy (non-hydrogen) atoms. The van der Waals surface area contributed by atoms with E-state index in [0.29, 0.717) is 5.56 Å². The molecular formula is C10H8NdO4. The van der Waals surface area contributed by atoms with Gasteiger partial charge in [0.25, 0.3) is 0 Å². The number of benzene rings is 1. The number of ketones is 2. The molecule has 0 radical (unpaired) electrons. The van der Waals surface area contributed by atoms with Crippen LogP contribution in [0.25, 0.3) is 0 Å². The first-order valence-electron chi connectivity index (χ1n) is 3.95. The predicted molar refractivity (Wildman–Crippen MR) is 48.0 cm³/mol. The quantitative estimate of drug-likeness (QED) is 0.504. The fraction of sp³-hybridized carbons (Fsp3) is 0.100. The molecule has 0 heterocycles. The summed E-state index contributed by atoms with van der Waals surface area (Å²) in [6.45, 7) is 0. The summed E-state index contributed by atoms with van der Waals surface area (Å²) in [5, 5.41) is 8.28. The zero-order valence-electron chi connectivity index (χ0n) is 7.77. The van der Waals surface area contributed by atoms with Gasteiger partial charge in [-0.3, -0.25) is 9.59 Å². The van der Waals surface area contributed by atoms with Gasteiger partial charge in [-0.25, -0.2) is 4.79 Å². The van der Waals surface area contributed by atoms with Crippen molar-refractivity contribution in [2.75, 3.05) is 0 Å². The monoisotopic (exact) mass is 334 g/mol. The summed E-state index contributed by atoms with van der Waals surface area (Å²) in [5.74, 6) is -3.13. The maximum Gasteiger partial charge on any atom is 0.372 e. The van der Waals surface area contributed by atoms with E-state index in [2.05, 4.69) is 0 Å². The Morgan fingerprint density at radius 3 is 2.07 bits per heavy atom. The summed E-state index contributed by atoms with van der Waals surface area (Å²) < 4.78 is 0. The minimum Gasteiger partial charge on any atom is -0.475 e. The van der Waals surface area contributed by atoms with Crippen molar-refractivity contribution in [1.29, 1.82) is 0 Å². The number of carboxylic acids is 1. The maximum absolute atomic E-state index is 11.3. The van der Waals surface area contributed by atoms with E-state index in [1.165, 1.54) is 12.1 Å². The summed E-state index contributed by atoms with van der Waals surface area (Å²) in [6, 6.07) is 8.11. The summed E-state index contributed by atoms with van der Waals surface area (Å²) in [7, 11) is 0. The van der Waals surface area contributed by atoms with Crippen LogP contribution < -0.4 is 0 Å². The molecule has 1 aromatic rings. The molecule has 0 amide bonds. The average molecular weight is 336 g/mol. The van der Waals surface area contributed by atoms with E-state index in [4.69, 9.17) is 5.11 Å². The molecule has 0 fully saturated rings. The van der Waals surface area contributed by atoms with Gasteiger partial charge in [0.05, 0.1) is 6.42 Å². The van der Waals surface area contributed by atoms with Crippen molar-refractivity contribution < 1.29 is 60.3 Å². The summed E-state index contributed by atoms with van der Waals surface area (Å²) in [4.78, 5) is 32.1. The third-order valence-electron chi connectivity index (χ3n) is 1.66. The van der Waals surface area contributed by atoms with Crippen LogP contribution in [0, 0.1) is 40.8 Å². The molecule has 1 aromatic carbocycles. The third kappa shape index (κ3) is 4.61. The summed E-state index contributed by atoms with van der Waals surface area (Å²) in [5.41, 5.74) is 0.349. The van der Waals surface area contributed by atoms with Crippen LogP contribution in [-0.4, -0.2) is 22.6 Å². The minimum atomic E-state index is -1.57. The number of Topliss-reactive ketones (excluding diaryl/α,β-unsaturated/α-hetero) is 2. The molecule has 1 N–H and O–H groups in total. The Kier molecular flexibility index (Phi) is 6.51. The maximum atomic E-state index is 11.3. The number of carboxylic acid groups (broad SMARTS) is 1. The molecule has 4 nitrogen and oxygen atoms in total. The van der Waals surface area contributed by atoms with Gasteiger partial charge in [-0.2, -0.15) is 0 Å². The molecular weight excluding hydrogens is 328 g/mol. The van der Waals surface area contributed by atoms with Crippen LogP contribution in [0.2, 0.25) is 0 Å². The average Bonchev–Trinajstić information content (AvgIpc) is 2.19. The van der Waals surface area contributed by atoms with Crippen molar-refractivity contribution in [3.63, 3.8) is 0 Å². The first-order chi connectivity index (χ1) is 6.61. The first-order valence-corrected chi connectivity index (χ1v) is 3.95. The molecule has 0 spiro atoms. The molecule has 0 saturated heterocycles. The molecule has 76 valence electrons. The standard InChI is InChI=1S/C10H8O4.Nd/c11-8(6-9(12)10(13)14)7-4-2-1-3-5-7;/h1-5H,6H2,(H,13,14);. The first kappa shape index (κ1) is 14.4. The van der Waals surface area contributed by atoms with E-state index in [1.54, 1.807) is 18.2 Å². The minimum absolute atomic E-state index is 0. The molecule has 5 heteroatoms. The van der Waals surface area contributed by atoms with Crippen molar-refractivity contribution >= 4 is 17.5 Å². The van der Waals surface area contributed by atoms with Crippen LogP contribution >= 0.6 is 0 Å². The van der Waals surface area contributed by atoms with E-state index < -0.39 is 24.0 Å². The molecule has 0 saturated carbocycles. The zero-order chi connectivity index (χ0) is 10.6. The van der Waals surface area contributed by atoms with Crippen molar-refractivity contribution in [1.82, 2.24) is 0 Å². The SMILES string of the molecule is O=C(O)C(=O)CC(=O)c1ccccc1.[Nd]. The van der Waals surface area contributed by atoms with Gasteiger partial charge in [0.1, 0.15) is 0 Å². The van der Waals surface area contributed by atoms with E-state index in [1.807, 2.05) is 0 Å². The second-order valence-electron chi connectivity index (χ2n) is 2.69. The Bertz CT molecular complexity index is 372. The summed E-state index contributed by atoms with van der Waals surface area (Å²) in [6.07, 6.45) is -0.584. The Morgan fingerprint density at radius 2 is 1.60 bits per heavy atom. The molecule has 0 unspecified atom stereocenters. The smallest absolute Gasteiger partial charge is 0.372 e. The Morgan fingerprint density at radius 1 is 1.07 bits per heavy atom. The molecule has 0 atom stereocenters. The Labute approximate surface area is 119 Å². The Balaban J connectivity index is 0.00000196. The van der Waals surface area contributed by atoms with Crippen LogP contribution in [0.5, 0.6) is 0 Å². The van der Waals surface area contributed by atoms with Gasteiger partial charge in [-0.05, 0) is 0 Å². The van der Waals surface area contributed by atoms with E-state index >= 15 is 0 Å². The van der Waals surface area contributed by atoms with Gasteiger partial charge in [0, 0.05) is 46.4 Å². The summed E-state index contributed by atoms with van der Waals surface area (Å²) >= 11 is 0. The largest absolute Gasteiger partial charge is 0.475 e. The van der Waals surface area contributed by atoms with Crippen LogP contribution in [-0.2, 0) is 9.59 Å². The fourth-order valence-electron chi connectivity index (χ4n) is 0.948. The number of hydrogen-bond acceptors (Lipinski definition) is 3. The predicted octanol–water partition coefficient (Wildman–Crippen LogP) is 0.913. The van der Waals surface area contributed by atoms with Crippen molar-refractivity contribution in [3.8, 4) is 0 Å².